The van der Waals surface area contributed by atoms with Gasteiger partial charge in [0.1, 0.15) is 11.9 Å². The minimum atomic E-state index is -0.574. The maximum absolute atomic E-state index is 13.3. The Kier molecular flexibility index (Phi) is 6.79. The predicted octanol–water partition coefficient (Wildman–Crippen LogP) is 1.87. The molecule has 1 aromatic rings. The molecule has 2 heterocycles. The Bertz CT molecular complexity index is 663. The van der Waals surface area contributed by atoms with Crippen LogP contribution in [0.25, 0.3) is 0 Å². The van der Waals surface area contributed by atoms with E-state index in [9.17, 15) is 19.1 Å². The Morgan fingerprint density at radius 3 is 2.70 bits per heavy atom. The van der Waals surface area contributed by atoms with Crippen LogP contribution in [0.15, 0.2) is 24.3 Å². The van der Waals surface area contributed by atoms with Gasteiger partial charge in [-0.3, -0.25) is 9.59 Å². The fourth-order valence-corrected chi connectivity index (χ4v) is 3.80. The number of hydrogen-bond acceptors (Lipinski definition) is 4. The van der Waals surface area contributed by atoms with Crippen molar-refractivity contribution < 1.29 is 23.8 Å². The van der Waals surface area contributed by atoms with Gasteiger partial charge in [-0.15, -0.1) is 0 Å². The number of carbonyl (C=O) groups is 2. The van der Waals surface area contributed by atoms with Crippen molar-refractivity contribution >= 4 is 11.8 Å². The van der Waals surface area contributed by atoms with Gasteiger partial charge >= 0.3 is 0 Å². The van der Waals surface area contributed by atoms with Crippen molar-refractivity contribution in [3.63, 3.8) is 0 Å². The van der Waals surface area contributed by atoms with E-state index >= 15 is 0 Å². The molecule has 0 bridgehead atoms. The van der Waals surface area contributed by atoms with Crippen molar-refractivity contribution in [2.24, 2.45) is 0 Å². The van der Waals surface area contributed by atoms with Crippen LogP contribution in [0.5, 0.6) is 0 Å². The normalized spacial score (nSPS) is 25.9. The highest BCUT2D eigenvalue weighted by atomic mass is 19.1. The van der Waals surface area contributed by atoms with E-state index in [1.165, 1.54) is 30.7 Å². The summed E-state index contributed by atoms with van der Waals surface area (Å²) in [6.07, 6.45) is 3.97. The number of nitrogens with one attached hydrogen (secondary N) is 1. The lowest BCUT2D eigenvalue weighted by Gasteiger charge is -2.37. The molecule has 3 rings (SSSR count). The predicted molar refractivity (Wildman–Crippen MR) is 97.7 cm³/mol. The molecule has 2 saturated heterocycles. The van der Waals surface area contributed by atoms with Crippen LogP contribution in [0, 0.1) is 5.82 Å². The summed E-state index contributed by atoms with van der Waals surface area (Å²) in [5.41, 5.74) is 0.231. The van der Waals surface area contributed by atoms with E-state index in [2.05, 4.69) is 5.32 Å². The zero-order valence-electron chi connectivity index (χ0n) is 15.4. The van der Waals surface area contributed by atoms with Gasteiger partial charge in [0.15, 0.2) is 0 Å². The molecule has 3 atom stereocenters. The van der Waals surface area contributed by atoms with Crippen molar-refractivity contribution in [1.29, 1.82) is 0 Å². The molecule has 0 aromatic heterocycles. The Morgan fingerprint density at radius 1 is 1.22 bits per heavy atom. The highest BCUT2D eigenvalue weighted by molar-refractivity contribution is 5.94. The average Bonchev–Trinajstić information content (AvgIpc) is 2.69. The number of ether oxygens (including phenoxy) is 1. The number of rotatable bonds is 5. The van der Waals surface area contributed by atoms with Gasteiger partial charge < -0.3 is 20.1 Å². The standard InChI is InChI=1S/C20H27FN2O4/c21-15-6-4-5-14(11-15)20(26)22-17-8-7-16(27-18(17)13-24)12-19(25)23-9-2-1-3-10-23/h4-6,11,16-18,24H,1-3,7-10,12-13H2,(H,22,26)/t16-,17+,18-/m0/s1. The molecule has 0 aliphatic carbocycles. The number of halogens is 1. The molecule has 0 saturated carbocycles. The summed E-state index contributed by atoms with van der Waals surface area (Å²) in [5.74, 6) is -0.777. The molecule has 0 spiro atoms. The van der Waals surface area contributed by atoms with Gasteiger partial charge in [0.05, 0.1) is 25.2 Å². The molecule has 2 aliphatic heterocycles. The van der Waals surface area contributed by atoms with Gasteiger partial charge in [0, 0.05) is 18.7 Å². The van der Waals surface area contributed by atoms with Crippen molar-refractivity contribution in [2.45, 2.75) is 56.8 Å². The van der Waals surface area contributed by atoms with Crippen LogP contribution in [0.1, 0.15) is 48.9 Å². The number of aliphatic hydroxyl groups is 1. The van der Waals surface area contributed by atoms with Gasteiger partial charge in [-0.05, 0) is 50.3 Å². The lowest BCUT2D eigenvalue weighted by Crippen LogP contribution is -2.51. The lowest BCUT2D eigenvalue weighted by atomic mass is 9.96. The first-order valence-corrected chi connectivity index (χ1v) is 9.67. The molecular weight excluding hydrogens is 351 g/mol. The maximum Gasteiger partial charge on any atom is 0.251 e. The van der Waals surface area contributed by atoms with Crippen LogP contribution in [0.3, 0.4) is 0 Å². The molecule has 2 amide bonds. The van der Waals surface area contributed by atoms with Crippen LogP contribution in [0.2, 0.25) is 0 Å². The van der Waals surface area contributed by atoms with E-state index in [1.54, 1.807) is 0 Å². The van der Waals surface area contributed by atoms with Crippen LogP contribution in [0.4, 0.5) is 4.39 Å². The number of piperidine rings is 1. The molecule has 27 heavy (non-hydrogen) atoms. The summed E-state index contributed by atoms with van der Waals surface area (Å²) in [6.45, 7) is 1.37. The largest absolute Gasteiger partial charge is 0.394 e. The van der Waals surface area contributed by atoms with E-state index < -0.39 is 17.8 Å². The topological polar surface area (TPSA) is 78.9 Å². The Balaban J connectivity index is 1.53. The third-order valence-electron chi connectivity index (χ3n) is 5.31. The second-order valence-electron chi connectivity index (χ2n) is 7.29. The van der Waals surface area contributed by atoms with E-state index in [1.807, 2.05) is 4.90 Å². The van der Waals surface area contributed by atoms with Crippen LogP contribution < -0.4 is 5.32 Å². The third kappa shape index (κ3) is 5.26. The first-order valence-electron chi connectivity index (χ1n) is 9.67. The molecule has 7 heteroatoms. The van der Waals surface area contributed by atoms with Crippen molar-refractivity contribution in [2.75, 3.05) is 19.7 Å². The van der Waals surface area contributed by atoms with Crippen molar-refractivity contribution in [1.82, 2.24) is 10.2 Å². The zero-order valence-corrected chi connectivity index (χ0v) is 15.4. The van der Waals surface area contributed by atoms with Gasteiger partial charge in [0.25, 0.3) is 5.91 Å². The van der Waals surface area contributed by atoms with E-state index in [0.717, 1.165) is 25.9 Å². The van der Waals surface area contributed by atoms with Crippen LogP contribution >= 0.6 is 0 Å². The Morgan fingerprint density at radius 2 is 2.00 bits per heavy atom. The summed E-state index contributed by atoms with van der Waals surface area (Å²) >= 11 is 0. The first-order chi connectivity index (χ1) is 13.1. The summed E-state index contributed by atoms with van der Waals surface area (Å²) in [5, 5.41) is 12.5. The second kappa shape index (κ2) is 9.28. The highest BCUT2D eigenvalue weighted by Gasteiger charge is 2.33. The van der Waals surface area contributed by atoms with Gasteiger partial charge in [-0.25, -0.2) is 4.39 Å². The van der Waals surface area contributed by atoms with Crippen LogP contribution in [-0.2, 0) is 9.53 Å². The number of aliphatic hydroxyl groups excluding tert-OH is 1. The molecule has 1 aromatic carbocycles. The minimum Gasteiger partial charge on any atom is -0.394 e. The van der Waals surface area contributed by atoms with Gasteiger partial charge in [0.2, 0.25) is 5.91 Å². The SMILES string of the molecule is O=C(N[C@@H]1CC[C@@H](CC(=O)N2CCCCC2)O[C@H]1CO)c1cccc(F)c1. The van der Waals surface area contributed by atoms with E-state index in [0.29, 0.717) is 19.3 Å². The second-order valence-corrected chi connectivity index (χ2v) is 7.29. The summed E-state index contributed by atoms with van der Waals surface area (Å²) in [6, 6.07) is 5.10. The number of hydrogen-bond donors (Lipinski definition) is 2. The highest BCUT2D eigenvalue weighted by Crippen LogP contribution is 2.23. The number of carbonyl (C=O) groups excluding carboxylic acids is 2. The fraction of sp³-hybridized carbons (Fsp3) is 0.600. The number of nitrogens with zero attached hydrogens (tertiary/aromatic N) is 1. The monoisotopic (exact) mass is 378 g/mol. The molecule has 0 unspecified atom stereocenters. The van der Waals surface area contributed by atoms with E-state index in [-0.39, 0.29) is 30.2 Å². The Hall–Kier alpha value is -1.99. The van der Waals surface area contributed by atoms with Gasteiger partial charge in [-0.2, -0.15) is 0 Å². The molecule has 2 N–H and O–H groups in total. The van der Waals surface area contributed by atoms with Crippen molar-refractivity contribution in [3.8, 4) is 0 Å². The molecular formula is C20H27FN2O4. The number of benzene rings is 1. The zero-order chi connectivity index (χ0) is 19.2. The van der Waals surface area contributed by atoms with Gasteiger partial charge in [-0.1, -0.05) is 6.07 Å². The Labute approximate surface area is 158 Å². The van der Waals surface area contributed by atoms with E-state index in [4.69, 9.17) is 4.74 Å². The molecule has 6 nitrogen and oxygen atoms in total. The molecule has 0 radical (unpaired) electrons. The summed E-state index contributed by atoms with van der Waals surface area (Å²) < 4.78 is 19.2. The smallest absolute Gasteiger partial charge is 0.251 e. The quantitative estimate of drug-likeness (QED) is 0.820. The molecule has 2 fully saturated rings. The average molecular weight is 378 g/mol. The summed E-state index contributed by atoms with van der Waals surface area (Å²) in [7, 11) is 0. The van der Waals surface area contributed by atoms with Crippen molar-refractivity contribution in [3.05, 3.63) is 35.6 Å². The fourth-order valence-electron chi connectivity index (χ4n) is 3.80. The number of likely N-dealkylation sites (tertiary alicyclic amines) is 1. The number of amides is 2. The maximum atomic E-state index is 13.3. The summed E-state index contributed by atoms with van der Waals surface area (Å²) in [4.78, 5) is 26.6. The molecule has 2 aliphatic rings. The third-order valence-corrected chi connectivity index (χ3v) is 5.31. The molecule has 148 valence electrons. The lowest BCUT2D eigenvalue weighted by molar-refractivity contribution is -0.141. The first kappa shape index (κ1) is 19.8. The minimum absolute atomic E-state index is 0.0960. The van der Waals surface area contributed by atoms with Crippen LogP contribution in [-0.4, -0.2) is 59.8 Å².